The van der Waals surface area contributed by atoms with Gasteiger partial charge in [0.1, 0.15) is 17.9 Å². The predicted octanol–water partition coefficient (Wildman–Crippen LogP) is 2.08. The van der Waals surface area contributed by atoms with Crippen LogP contribution >= 0.6 is 23.5 Å². The highest BCUT2D eigenvalue weighted by Crippen LogP contribution is 2.56. The Balaban J connectivity index is 0.000000328. The molecule has 3 fully saturated rings. The maximum atomic E-state index is 13.3. The van der Waals surface area contributed by atoms with E-state index in [1.165, 1.54) is 22.6 Å². The van der Waals surface area contributed by atoms with Gasteiger partial charge in [0.05, 0.1) is 41.8 Å². The number of Topliss-reactive ketones (excluding diaryl/α,β-unsaturated/α-hetero) is 3. The summed E-state index contributed by atoms with van der Waals surface area (Å²) in [6, 6.07) is 12.8. The van der Waals surface area contributed by atoms with Gasteiger partial charge in [0, 0.05) is 40.5 Å². The Morgan fingerprint density at radius 1 is 0.640 bits per heavy atom. The molecule has 0 radical (unpaired) electrons. The zero-order valence-corrected chi connectivity index (χ0v) is 46.0. The molecule has 20 nitrogen and oxygen atoms in total. The van der Waals surface area contributed by atoms with Crippen LogP contribution in [0, 0.1) is 11.8 Å². The summed E-state index contributed by atoms with van der Waals surface area (Å²) in [4.78, 5) is 143. The molecule has 2 heterocycles. The van der Waals surface area contributed by atoms with Crippen LogP contribution in [0.15, 0.2) is 60.7 Å². The fourth-order valence-electron chi connectivity index (χ4n) is 9.00. The molecule has 8 amide bonds. The number of thioether (sulfide) groups is 2. The summed E-state index contributed by atoms with van der Waals surface area (Å²) in [5, 5.41) is 15.3. The van der Waals surface area contributed by atoms with Gasteiger partial charge in [0.15, 0.2) is 0 Å². The Bertz CT molecular complexity index is 2350. The van der Waals surface area contributed by atoms with Gasteiger partial charge in [-0.25, -0.2) is 0 Å². The lowest BCUT2D eigenvalue weighted by Gasteiger charge is -2.26. The lowest BCUT2D eigenvalue weighted by Crippen LogP contribution is -2.52. The van der Waals surface area contributed by atoms with E-state index in [9.17, 15) is 52.7 Å². The summed E-state index contributed by atoms with van der Waals surface area (Å²) in [5.74, 6) is -4.11. The Hall–Kier alpha value is -6.13. The number of carbonyl (C=O) groups excluding carboxylic acids is 11. The molecule has 7 atom stereocenters. The number of nitrogens with zero attached hydrogens (tertiary/aromatic N) is 3. The maximum Gasteiger partial charge on any atom is 0.290 e. The molecule has 2 saturated heterocycles. The summed E-state index contributed by atoms with van der Waals surface area (Å²) < 4.78 is 0.0541. The molecule has 1 spiro atoms. The van der Waals surface area contributed by atoms with Crippen molar-refractivity contribution in [3.63, 3.8) is 0 Å². The number of rotatable bonds is 22. The van der Waals surface area contributed by atoms with Gasteiger partial charge in [0.25, 0.3) is 11.8 Å². The second-order valence-electron chi connectivity index (χ2n) is 19.6. The van der Waals surface area contributed by atoms with Gasteiger partial charge in [-0.05, 0) is 74.1 Å². The molecule has 3 aliphatic rings. The van der Waals surface area contributed by atoms with E-state index in [-0.39, 0.29) is 58.8 Å². The quantitative estimate of drug-likeness (QED) is 0.0923. The van der Waals surface area contributed by atoms with E-state index in [4.69, 9.17) is 0 Å². The third kappa shape index (κ3) is 18.3. The summed E-state index contributed by atoms with van der Waals surface area (Å²) in [6.45, 7) is 4.93. The van der Waals surface area contributed by atoms with Crippen LogP contribution in [-0.2, 0) is 52.7 Å². The van der Waals surface area contributed by atoms with E-state index < -0.39 is 84.4 Å². The topological polar surface area (TPSA) is 270 Å². The zero-order valence-electron chi connectivity index (χ0n) is 44.4. The molecular formula is C53H75N9O11S2. The largest absolute Gasteiger partial charge is 0.347 e. The van der Waals surface area contributed by atoms with E-state index in [1.54, 1.807) is 108 Å². The number of likely N-dealkylation sites (tertiary alicyclic amines) is 1. The Labute approximate surface area is 448 Å². The molecular weight excluding hydrogens is 1000 g/mol. The summed E-state index contributed by atoms with van der Waals surface area (Å²) in [5.41, 5.74) is 1.18. The van der Waals surface area contributed by atoms with Crippen LogP contribution in [0.1, 0.15) is 102 Å². The molecule has 1 saturated carbocycles. The zero-order chi connectivity index (χ0) is 55.4. The highest BCUT2D eigenvalue weighted by Gasteiger charge is 2.48. The lowest BCUT2D eigenvalue weighted by atomic mass is 9.96. The first-order valence-corrected chi connectivity index (χ1v) is 27.4. The van der Waals surface area contributed by atoms with Gasteiger partial charge < -0.3 is 41.7 Å². The Kier molecular flexibility index (Phi) is 24.4. The number of benzene rings is 2. The number of amides is 8. The summed E-state index contributed by atoms with van der Waals surface area (Å²) in [7, 11) is 7.94. The minimum absolute atomic E-state index is 0.0516. The molecule has 5 unspecified atom stereocenters. The second-order valence-corrected chi connectivity index (χ2v) is 22.8. The third-order valence-corrected chi connectivity index (χ3v) is 16.5. The number of likely N-dealkylation sites (N-methyl/N-ethyl adjacent to an activating group) is 3. The number of hydrogen-bond donors (Lipinski definition) is 6. The van der Waals surface area contributed by atoms with E-state index in [0.717, 1.165) is 24.3 Å². The molecule has 410 valence electrons. The Morgan fingerprint density at radius 2 is 1.07 bits per heavy atom. The molecule has 1 aliphatic carbocycles. The summed E-state index contributed by atoms with van der Waals surface area (Å²) >= 11 is 3.93. The van der Waals surface area contributed by atoms with Gasteiger partial charge in [-0.3, -0.25) is 57.6 Å². The van der Waals surface area contributed by atoms with Crippen molar-refractivity contribution < 1.29 is 52.7 Å². The van der Waals surface area contributed by atoms with Crippen LogP contribution in [0.3, 0.4) is 0 Å². The Morgan fingerprint density at radius 3 is 1.45 bits per heavy atom. The first kappa shape index (κ1) is 61.4. The van der Waals surface area contributed by atoms with Crippen molar-refractivity contribution >= 4 is 88.1 Å². The van der Waals surface area contributed by atoms with Crippen molar-refractivity contribution in [2.75, 3.05) is 66.4 Å². The van der Waals surface area contributed by atoms with Gasteiger partial charge in [-0.2, -0.15) is 0 Å². The van der Waals surface area contributed by atoms with Crippen LogP contribution in [0.5, 0.6) is 0 Å². The molecule has 0 aromatic heterocycles. The van der Waals surface area contributed by atoms with Crippen molar-refractivity contribution in [2.24, 2.45) is 11.8 Å². The van der Waals surface area contributed by atoms with Crippen LogP contribution < -0.4 is 31.9 Å². The molecule has 75 heavy (non-hydrogen) atoms. The van der Waals surface area contributed by atoms with Crippen molar-refractivity contribution in [3.05, 3.63) is 71.8 Å². The fraction of sp³-hybridized carbons (Fsp3) is 0.566. The first-order valence-electron chi connectivity index (χ1n) is 25.5. The highest BCUT2D eigenvalue weighted by atomic mass is 32.2. The number of carbonyl (C=O) groups is 11. The smallest absolute Gasteiger partial charge is 0.290 e. The number of ketones is 3. The normalized spacial score (nSPS) is 19.5. The highest BCUT2D eigenvalue weighted by molar-refractivity contribution is 8.18. The molecule has 22 heteroatoms. The van der Waals surface area contributed by atoms with Crippen LogP contribution in [0.2, 0.25) is 0 Å². The van der Waals surface area contributed by atoms with Crippen LogP contribution in [0.25, 0.3) is 0 Å². The van der Waals surface area contributed by atoms with Gasteiger partial charge in [-0.15, -0.1) is 23.5 Å². The number of hydrogen-bond acceptors (Lipinski definition) is 14. The molecule has 0 bridgehead atoms. The number of nitrogens with one attached hydrogen (secondary N) is 6. The average molecular weight is 1080 g/mol. The van der Waals surface area contributed by atoms with E-state index in [0.29, 0.717) is 30.4 Å². The van der Waals surface area contributed by atoms with Gasteiger partial charge in [-0.1, -0.05) is 94.3 Å². The van der Waals surface area contributed by atoms with Crippen molar-refractivity contribution in [3.8, 4) is 0 Å². The summed E-state index contributed by atoms with van der Waals surface area (Å²) in [6.07, 6.45) is 5.85. The van der Waals surface area contributed by atoms with Gasteiger partial charge >= 0.3 is 0 Å². The average Bonchev–Trinajstić information content (AvgIpc) is 3.81. The van der Waals surface area contributed by atoms with Crippen LogP contribution in [-0.4, -0.2) is 168 Å². The molecule has 2 aliphatic heterocycles. The van der Waals surface area contributed by atoms with E-state index in [2.05, 4.69) is 38.8 Å². The van der Waals surface area contributed by atoms with Crippen molar-refractivity contribution in [1.29, 1.82) is 0 Å². The minimum Gasteiger partial charge on any atom is -0.347 e. The van der Waals surface area contributed by atoms with E-state index >= 15 is 0 Å². The maximum absolute atomic E-state index is 13.3. The standard InChI is InChI=1S/C29H42N4O5S2.C24H33N5O6/c1-5-11-22(31-26(36)21-17-29(16-19(21)2)39-14-9-10-15-40-29)25(35)27(37)30-18-23(34)32-24(28(38)33(3)4)20-12-7-6-8-13-20;1-5-9-17(26-22(33)18-12-16(30)14-29(18)4)21(32)23(34)25-13-19(31)27-20(24(35)28(2)3)15-10-7-6-8-11-15/h6-8,12-13,19,21-22,24H,5,9-11,14-18H2,1-4H3,(H,30,37)(H,31,36)(H,32,34);6-8,10-11,17-18,20H,5,9,12-14H2,1-4H3,(H,25,34)(H,26,33)(H,27,31)/t19?,21?,22?,24-;17?,18?,20-/m00/s1. The first-order chi connectivity index (χ1) is 35.6. The fourth-order valence-corrected chi connectivity index (χ4v) is 12.6. The second kappa shape index (κ2) is 29.8. The van der Waals surface area contributed by atoms with Crippen LogP contribution in [0.4, 0.5) is 0 Å². The minimum atomic E-state index is -1.08. The van der Waals surface area contributed by atoms with Crippen molar-refractivity contribution in [2.45, 2.75) is 113 Å². The van der Waals surface area contributed by atoms with Crippen molar-refractivity contribution in [1.82, 2.24) is 46.6 Å². The van der Waals surface area contributed by atoms with E-state index in [1.807, 2.05) is 30.4 Å². The lowest BCUT2D eigenvalue weighted by molar-refractivity contribution is -0.141. The monoisotopic (exact) mass is 1080 g/mol. The molecule has 2 aromatic carbocycles. The molecule has 2 aromatic rings. The predicted molar refractivity (Wildman–Crippen MR) is 287 cm³/mol. The third-order valence-electron chi connectivity index (χ3n) is 13.1. The van der Waals surface area contributed by atoms with Gasteiger partial charge in [0.2, 0.25) is 47.0 Å². The molecule has 6 N–H and O–H groups in total. The SMILES string of the molecule is CCCC(NC(=O)C1CC(=O)CN1C)C(=O)C(=O)NCC(=O)N[C@H](C(=O)N(C)C)c1ccccc1.CCCC(NC(=O)C1CC2(CC1C)SCCCCS2)C(=O)C(=O)NCC(=O)N[C@H](C(=O)N(C)C)c1ccccc1. The molecule has 5 rings (SSSR count).